The van der Waals surface area contributed by atoms with Gasteiger partial charge in [-0.15, -0.1) is 24.0 Å². The van der Waals surface area contributed by atoms with Gasteiger partial charge in [0.2, 0.25) is 0 Å². The van der Waals surface area contributed by atoms with Crippen LogP contribution in [0.3, 0.4) is 0 Å². The number of hydrogen-bond acceptors (Lipinski definition) is 2. The summed E-state index contributed by atoms with van der Waals surface area (Å²) in [5.41, 5.74) is 1.72. The van der Waals surface area contributed by atoms with Crippen molar-refractivity contribution in [1.29, 1.82) is 5.26 Å². The molecule has 1 rings (SSSR count). The van der Waals surface area contributed by atoms with Gasteiger partial charge in [-0.25, -0.2) is 4.99 Å². The molecule has 23 heavy (non-hydrogen) atoms. The molecule has 0 aliphatic rings. The number of halogens is 1. The number of benzene rings is 1. The Balaban J connectivity index is 0.00000484. The van der Waals surface area contributed by atoms with E-state index in [1.165, 1.54) is 6.42 Å². The number of hydrogen-bond donors (Lipinski definition) is 2. The molecule has 1 unspecified atom stereocenters. The highest BCUT2D eigenvalue weighted by Crippen LogP contribution is 2.07. The summed E-state index contributed by atoms with van der Waals surface area (Å²) in [6.45, 7) is 10.1. The van der Waals surface area contributed by atoms with Crippen LogP contribution in [0.25, 0.3) is 0 Å². The Labute approximate surface area is 157 Å². The van der Waals surface area contributed by atoms with Crippen LogP contribution in [-0.4, -0.2) is 18.5 Å². The van der Waals surface area contributed by atoms with Crippen molar-refractivity contribution < 1.29 is 0 Å². The molecule has 1 atom stereocenters. The lowest BCUT2D eigenvalue weighted by atomic mass is 10.0. The van der Waals surface area contributed by atoms with Crippen LogP contribution in [0.15, 0.2) is 29.3 Å². The Morgan fingerprint density at radius 2 is 2.00 bits per heavy atom. The molecule has 0 aliphatic carbocycles. The second kappa shape index (κ2) is 12.2. The standard InChI is InChI=1S/C18H28N4.HI/c1-5-20-18(22-15(4)10-9-14(2)3)21-13-17-8-6-7-16(11-17)12-19;/h6-8,11,14-15H,5,9-10,13H2,1-4H3,(H2,20,21,22);1H. The zero-order chi connectivity index (χ0) is 16.4. The van der Waals surface area contributed by atoms with Gasteiger partial charge in [0.25, 0.3) is 0 Å². The van der Waals surface area contributed by atoms with Crippen LogP contribution in [0.2, 0.25) is 0 Å². The predicted molar refractivity (Wildman–Crippen MR) is 108 cm³/mol. The normalized spacial score (nSPS) is 12.3. The quantitative estimate of drug-likeness (QED) is 0.391. The van der Waals surface area contributed by atoms with E-state index >= 15 is 0 Å². The molecule has 0 aromatic heterocycles. The lowest BCUT2D eigenvalue weighted by Crippen LogP contribution is -2.42. The lowest BCUT2D eigenvalue weighted by molar-refractivity contribution is 0.489. The molecule has 0 fully saturated rings. The van der Waals surface area contributed by atoms with Crippen molar-refractivity contribution in [2.45, 2.75) is 53.1 Å². The number of nitrogens with zero attached hydrogens (tertiary/aromatic N) is 2. The van der Waals surface area contributed by atoms with E-state index in [0.717, 1.165) is 30.4 Å². The van der Waals surface area contributed by atoms with E-state index in [-0.39, 0.29) is 24.0 Å². The van der Waals surface area contributed by atoms with Gasteiger partial charge in [0.05, 0.1) is 18.2 Å². The maximum absolute atomic E-state index is 8.94. The Kier molecular flexibility index (Phi) is 11.5. The maximum Gasteiger partial charge on any atom is 0.191 e. The first-order chi connectivity index (χ1) is 10.5. The van der Waals surface area contributed by atoms with Gasteiger partial charge in [0, 0.05) is 12.6 Å². The summed E-state index contributed by atoms with van der Waals surface area (Å²) in [7, 11) is 0. The molecule has 0 spiro atoms. The van der Waals surface area contributed by atoms with Crippen molar-refractivity contribution in [3.8, 4) is 6.07 Å². The highest BCUT2D eigenvalue weighted by molar-refractivity contribution is 14.0. The minimum Gasteiger partial charge on any atom is -0.357 e. The van der Waals surface area contributed by atoms with Gasteiger partial charge in [-0.05, 0) is 50.3 Å². The highest BCUT2D eigenvalue weighted by atomic mass is 127. The van der Waals surface area contributed by atoms with Gasteiger partial charge in [-0.3, -0.25) is 0 Å². The molecule has 2 N–H and O–H groups in total. The third kappa shape index (κ3) is 9.44. The molecule has 0 saturated carbocycles. The Morgan fingerprint density at radius 1 is 1.26 bits per heavy atom. The average Bonchev–Trinajstić information content (AvgIpc) is 2.51. The van der Waals surface area contributed by atoms with E-state index in [9.17, 15) is 0 Å². The third-order valence-corrected chi connectivity index (χ3v) is 3.38. The fourth-order valence-electron chi connectivity index (χ4n) is 2.12. The van der Waals surface area contributed by atoms with E-state index < -0.39 is 0 Å². The molecule has 0 radical (unpaired) electrons. The van der Waals surface area contributed by atoms with Crippen LogP contribution in [0, 0.1) is 17.2 Å². The molecular weight excluding hydrogens is 399 g/mol. The Morgan fingerprint density at radius 3 is 2.61 bits per heavy atom. The second-order valence-electron chi connectivity index (χ2n) is 6.02. The third-order valence-electron chi connectivity index (χ3n) is 3.38. The Bertz CT molecular complexity index is 520. The van der Waals surface area contributed by atoms with E-state index in [1.807, 2.05) is 24.3 Å². The SMILES string of the molecule is CCNC(=NCc1cccc(C#N)c1)NC(C)CCC(C)C.I. The topological polar surface area (TPSA) is 60.2 Å². The van der Waals surface area contributed by atoms with E-state index in [0.29, 0.717) is 18.2 Å². The average molecular weight is 428 g/mol. The van der Waals surface area contributed by atoms with Gasteiger partial charge in [0.15, 0.2) is 5.96 Å². The largest absolute Gasteiger partial charge is 0.357 e. The molecule has 5 heteroatoms. The fourth-order valence-corrected chi connectivity index (χ4v) is 2.12. The molecule has 1 aromatic carbocycles. The summed E-state index contributed by atoms with van der Waals surface area (Å²) in [6.07, 6.45) is 2.34. The number of nitrogens with one attached hydrogen (secondary N) is 2. The van der Waals surface area contributed by atoms with E-state index in [1.54, 1.807) is 0 Å². The first kappa shape index (κ1) is 21.7. The molecule has 0 aliphatic heterocycles. The zero-order valence-electron chi connectivity index (χ0n) is 14.6. The first-order valence-electron chi connectivity index (χ1n) is 8.09. The Hall–Kier alpha value is -1.29. The van der Waals surface area contributed by atoms with Crippen LogP contribution in [0.1, 0.15) is 51.7 Å². The zero-order valence-corrected chi connectivity index (χ0v) is 16.9. The summed E-state index contributed by atoms with van der Waals surface area (Å²) >= 11 is 0. The fraction of sp³-hybridized carbons (Fsp3) is 0.556. The monoisotopic (exact) mass is 428 g/mol. The summed E-state index contributed by atoms with van der Waals surface area (Å²) in [5, 5.41) is 15.7. The van der Waals surface area contributed by atoms with Crippen molar-refractivity contribution >= 4 is 29.9 Å². The van der Waals surface area contributed by atoms with E-state index in [2.05, 4.69) is 49.4 Å². The number of nitriles is 1. The number of rotatable bonds is 7. The highest BCUT2D eigenvalue weighted by Gasteiger charge is 2.06. The lowest BCUT2D eigenvalue weighted by Gasteiger charge is -2.18. The molecule has 4 nitrogen and oxygen atoms in total. The summed E-state index contributed by atoms with van der Waals surface area (Å²) in [5.74, 6) is 1.55. The van der Waals surface area contributed by atoms with Gasteiger partial charge in [0.1, 0.15) is 0 Å². The molecule has 1 aromatic rings. The summed E-state index contributed by atoms with van der Waals surface area (Å²) < 4.78 is 0. The van der Waals surface area contributed by atoms with Crippen LogP contribution < -0.4 is 10.6 Å². The molecule has 0 bridgehead atoms. The molecule has 0 amide bonds. The van der Waals surface area contributed by atoms with E-state index in [4.69, 9.17) is 5.26 Å². The minimum absolute atomic E-state index is 0. The van der Waals surface area contributed by atoms with Gasteiger partial charge >= 0.3 is 0 Å². The summed E-state index contributed by atoms with van der Waals surface area (Å²) in [4.78, 5) is 4.61. The van der Waals surface area contributed by atoms with Crippen LogP contribution >= 0.6 is 24.0 Å². The van der Waals surface area contributed by atoms with Crippen molar-refractivity contribution in [1.82, 2.24) is 10.6 Å². The van der Waals surface area contributed by atoms with Gasteiger partial charge < -0.3 is 10.6 Å². The van der Waals surface area contributed by atoms with Crippen molar-refractivity contribution in [2.24, 2.45) is 10.9 Å². The number of aliphatic imine (C=N–C) groups is 1. The molecule has 128 valence electrons. The van der Waals surface area contributed by atoms with Gasteiger partial charge in [-0.1, -0.05) is 26.0 Å². The van der Waals surface area contributed by atoms with Crippen molar-refractivity contribution in [2.75, 3.05) is 6.54 Å². The van der Waals surface area contributed by atoms with Crippen LogP contribution in [-0.2, 0) is 6.54 Å². The summed E-state index contributed by atoms with van der Waals surface area (Å²) in [6, 6.07) is 10.1. The smallest absolute Gasteiger partial charge is 0.191 e. The van der Waals surface area contributed by atoms with Crippen molar-refractivity contribution in [3.05, 3.63) is 35.4 Å². The minimum atomic E-state index is 0. The number of guanidine groups is 1. The molecular formula is C18H29IN4. The van der Waals surface area contributed by atoms with Gasteiger partial charge in [-0.2, -0.15) is 5.26 Å². The molecule has 0 heterocycles. The van der Waals surface area contributed by atoms with Crippen LogP contribution in [0.5, 0.6) is 0 Å². The predicted octanol–water partition coefficient (Wildman–Crippen LogP) is 4.06. The van der Waals surface area contributed by atoms with Crippen LogP contribution in [0.4, 0.5) is 0 Å². The maximum atomic E-state index is 8.94. The second-order valence-corrected chi connectivity index (χ2v) is 6.02. The van der Waals surface area contributed by atoms with Crippen molar-refractivity contribution in [3.63, 3.8) is 0 Å². The first-order valence-corrected chi connectivity index (χ1v) is 8.09. The molecule has 0 saturated heterocycles.